The van der Waals surface area contributed by atoms with Gasteiger partial charge >= 0.3 is 0 Å². The Balaban J connectivity index is 1.76. The molecule has 2 nitrogen and oxygen atoms in total. The molecule has 0 saturated heterocycles. The number of ketones is 1. The molecule has 1 heterocycles. The van der Waals surface area contributed by atoms with E-state index in [1.165, 1.54) is 5.39 Å². The van der Waals surface area contributed by atoms with Crippen LogP contribution in [-0.2, 0) is 0 Å². The number of benzene rings is 3. The SMILES string of the molecule is O=C1/C(=C/c2ccc3ccccc3c2)Oc2ccccc21. The predicted molar refractivity (Wildman–Crippen MR) is 83.3 cm³/mol. The Labute approximate surface area is 122 Å². The molecule has 0 amide bonds. The minimum Gasteiger partial charge on any atom is -0.452 e. The van der Waals surface area contributed by atoms with Gasteiger partial charge in [-0.25, -0.2) is 0 Å². The maximum absolute atomic E-state index is 12.3. The number of hydrogen-bond donors (Lipinski definition) is 0. The molecular weight excluding hydrogens is 260 g/mol. The van der Waals surface area contributed by atoms with Gasteiger partial charge in [0.2, 0.25) is 5.78 Å². The second kappa shape index (κ2) is 4.60. The van der Waals surface area contributed by atoms with Crippen molar-refractivity contribution >= 4 is 22.6 Å². The summed E-state index contributed by atoms with van der Waals surface area (Å²) in [5.41, 5.74) is 1.59. The van der Waals surface area contributed by atoms with Crippen LogP contribution in [0.4, 0.5) is 0 Å². The molecule has 0 radical (unpaired) electrons. The third-order valence-electron chi connectivity index (χ3n) is 3.65. The first-order valence-corrected chi connectivity index (χ1v) is 6.83. The number of hydrogen-bond acceptors (Lipinski definition) is 2. The van der Waals surface area contributed by atoms with Crippen molar-refractivity contribution in [2.45, 2.75) is 0 Å². The molecule has 100 valence electrons. The van der Waals surface area contributed by atoms with Crippen molar-refractivity contribution in [3.8, 4) is 5.75 Å². The van der Waals surface area contributed by atoms with E-state index >= 15 is 0 Å². The van der Waals surface area contributed by atoms with Gasteiger partial charge in [0, 0.05) is 0 Å². The van der Waals surface area contributed by atoms with Crippen LogP contribution in [-0.4, -0.2) is 5.78 Å². The lowest BCUT2D eigenvalue weighted by atomic mass is 10.1. The first kappa shape index (κ1) is 11.9. The molecular formula is C19H12O2. The van der Waals surface area contributed by atoms with Crippen molar-refractivity contribution in [2.75, 3.05) is 0 Å². The number of carbonyl (C=O) groups is 1. The second-order valence-corrected chi connectivity index (χ2v) is 5.04. The first-order chi connectivity index (χ1) is 10.3. The van der Waals surface area contributed by atoms with Crippen molar-refractivity contribution in [1.82, 2.24) is 0 Å². The van der Waals surface area contributed by atoms with Gasteiger partial charge in [0.25, 0.3) is 0 Å². The molecule has 0 atom stereocenters. The third kappa shape index (κ3) is 2.01. The Bertz CT molecular complexity index is 891. The minimum absolute atomic E-state index is 0.0567. The first-order valence-electron chi connectivity index (χ1n) is 6.83. The molecule has 1 aliphatic rings. The summed E-state index contributed by atoms with van der Waals surface area (Å²) in [6, 6.07) is 21.6. The van der Waals surface area contributed by atoms with Gasteiger partial charge < -0.3 is 4.74 Å². The standard InChI is InChI=1S/C19H12O2/c20-19-16-7-3-4-8-17(16)21-18(19)12-13-9-10-14-5-1-2-6-15(14)11-13/h1-12H/b18-12-. The molecule has 0 unspecified atom stereocenters. The number of carbonyl (C=O) groups excluding carboxylic acids is 1. The molecule has 0 fully saturated rings. The molecule has 0 spiro atoms. The lowest BCUT2D eigenvalue weighted by Gasteiger charge is -2.01. The van der Waals surface area contributed by atoms with E-state index in [0.29, 0.717) is 17.1 Å². The molecule has 1 aliphatic heterocycles. The number of Topliss-reactive ketones (excluding diaryl/α,β-unsaturated/α-hetero) is 1. The van der Waals surface area contributed by atoms with E-state index in [1.54, 1.807) is 12.1 Å². The summed E-state index contributed by atoms with van der Waals surface area (Å²) < 4.78 is 5.65. The Morgan fingerprint density at radius 2 is 1.57 bits per heavy atom. The Kier molecular flexibility index (Phi) is 2.61. The molecule has 0 aliphatic carbocycles. The van der Waals surface area contributed by atoms with Crippen LogP contribution in [0.25, 0.3) is 16.8 Å². The number of rotatable bonds is 1. The molecule has 3 aromatic carbocycles. The summed E-state index contributed by atoms with van der Waals surface area (Å²) in [6.07, 6.45) is 1.80. The zero-order valence-electron chi connectivity index (χ0n) is 11.2. The van der Waals surface area contributed by atoms with Gasteiger partial charge in [0.1, 0.15) is 5.75 Å². The number of fused-ring (bicyclic) bond motifs is 2. The Hall–Kier alpha value is -2.87. The molecule has 0 saturated carbocycles. The number of allylic oxidation sites excluding steroid dienone is 1. The van der Waals surface area contributed by atoms with Crippen LogP contribution in [0.3, 0.4) is 0 Å². The molecule has 0 bridgehead atoms. The van der Waals surface area contributed by atoms with Crippen molar-refractivity contribution in [3.05, 3.63) is 83.6 Å². The fourth-order valence-corrected chi connectivity index (χ4v) is 2.58. The van der Waals surface area contributed by atoms with Crippen LogP contribution in [0, 0.1) is 0 Å². The average Bonchev–Trinajstić information content (AvgIpc) is 2.84. The fraction of sp³-hybridized carbons (Fsp3) is 0. The van der Waals surface area contributed by atoms with Crippen molar-refractivity contribution in [3.63, 3.8) is 0 Å². The van der Waals surface area contributed by atoms with Gasteiger partial charge in [-0.3, -0.25) is 4.79 Å². The normalized spacial score (nSPS) is 15.2. The maximum atomic E-state index is 12.3. The van der Waals surface area contributed by atoms with Gasteiger partial charge in [-0.1, -0.05) is 48.5 Å². The van der Waals surface area contributed by atoms with Crippen molar-refractivity contribution in [1.29, 1.82) is 0 Å². The molecule has 0 N–H and O–H groups in total. The highest BCUT2D eigenvalue weighted by Crippen LogP contribution is 2.31. The van der Waals surface area contributed by atoms with Gasteiger partial charge in [-0.2, -0.15) is 0 Å². The average molecular weight is 272 g/mol. The Morgan fingerprint density at radius 1 is 0.810 bits per heavy atom. The van der Waals surface area contributed by atoms with Crippen molar-refractivity contribution in [2.24, 2.45) is 0 Å². The highest BCUT2D eigenvalue weighted by molar-refractivity contribution is 6.14. The summed E-state index contributed by atoms with van der Waals surface area (Å²) in [4.78, 5) is 12.3. The zero-order chi connectivity index (χ0) is 14.2. The topological polar surface area (TPSA) is 26.3 Å². The summed E-state index contributed by atoms with van der Waals surface area (Å²) in [5.74, 6) is 0.958. The van der Waals surface area contributed by atoms with Crippen molar-refractivity contribution < 1.29 is 9.53 Å². The summed E-state index contributed by atoms with van der Waals surface area (Å²) in [6.45, 7) is 0. The molecule has 2 heteroatoms. The van der Waals surface area contributed by atoms with E-state index in [4.69, 9.17) is 4.74 Å². The summed E-state index contributed by atoms with van der Waals surface area (Å²) >= 11 is 0. The van der Waals surface area contributed by atoms with E-state index in [-0.39, 0.29) is 5.78 Å². The molecule has 4 rings (SSSR count). The monoisotopic (exact) mass is 272 g/mol. The summed E-state index contributed by atoms with van der Waals surface area (Å²) in [5, 5.41) is 2.33. The zero-order valence-corrected chi connectivity index (χ0v) is 11.2. The Morgan fingerprint density at radius 3 is 2.43 bits per heavy atom. The lowest BCUT2D eigenvalue weighted by Crippen LogP contribution is -1.97. The molecule has 0 aromatic heterocycles. The highest BCUT2D eigenvalue weighted by atomic mass is 16.5. The van der Waals surface area contributed by atoms with E-state index in [9.17, 15) is 4.79 Å². The quantitative estimate of drug-likeness (QED) is 0.611. The largest absolute Gasteiger partial charge is 0.452 e. The van der Waals surface area contributed by atoms with E-state index in [0.717, 1.165) is 10.9 Å². The van der Waals surface area contributed by atoms with Crippen LogP contribution in [0.2, 0.25) is 0 Å². The lowest BCUT2D eigenvalue weighted by molar-refractivity contribution is 0.101. The van der Waals surface area contributed by atoms with Crippen LogP contribution in [0.5, 0.6) is 5.75 Å². The van der Waals surface area contributed by atoms with Gasteiger partial charge in [-0.05, 0) is 40.6 Å². The molecule has 21 heavy (non-hydrogen) atoms. The van der Waals surface area contributed by atoms with Gasteiger partial charge in [-0.15, -0.1) is 0 Å². The van der Waals surface area contributed by atoms with Crippen LogP contribution >= 0.6 is 0 Å². The highest BCUT2D eigenvalue weighted by Gasteiger charge is 2.26. The fourth-order valence-electron chi connectivity index (χ4n) is 2.58. The maximum Gasteiger partial charge on any atom is 0.231 e. The number of para-hydroxylation sites is 1. The van der Waals surface area contributed by atoms with Gasteiger partial charge in [0.05, 0.1) is 5.56 Å². The second-order valence-electron chi connectivity index (χ2n) is 5.04. The van der Waals surface area contributed by atoms with Crippen LogP contribution in [0.1, 0.15) is 15.9 Å². The van der Waals surface area contributed by atoms with E-state index < -0.39 is 0 Å². The molecule has 3 aromatic rings. The van der Waals surface area contributed by atoms with Crippen LogP contribution in [0.15, 0.2) is 72.5 Å². The minimum atomic E-state index is -0.0567. The summed E-state index contributed by atoms with van der Waals surface area (Å²) in [7, 11) is 0. The van der Waals surface area contributed by atoms with Crippen LogP contribution < -0.4 is 4.74 Å². The van der Waals surface area contributed by atoms with Gasteiger partial charge in [0.15, 0.2) is 5.76 Å². The van der Waals surface area contributed by atoms with E-state index in [1.807, 2.05) is 42.5 Å². The van der Waals surface area contributed by atoms with E-state index in [2.05, 4.69) is 18.2 Å². The number of ether oxygens (including phenoxy) is 1. The third-order valence-corrected chi connectivity index (χ3v) is 3.65. The smallest absolute Gasteiger partial charge is 0.231 e. The predicted octanol–water partition coefficient (Wildman–Crippen LogP) is 4.46.